The first-order valence-corrected chi connectivity index (χ1v) is 9.46. The Morgan fingerprint density at radius 1 is 1.07 bits per heavy atom. The molecule has 1 N–H and O–H groups in total. The topological polar surface area (TPSA) is 90.1 Å². The second-order valence-electron chi connectivity index (χ2n) is 6.31. The van der Waals surface area contributed by atoms with Crippen molar-refractivity contribution < 1.29 is 23.5 Å². The fourth-order valence-electron chi connectivity index (χ4n) is 2.69. The van der Waals surface area contributed by atoms with Gasteiger partial charge in [-0.05, 0) is 48.9 Å². The van der Waals surface area contributed by atoms with Gasteiger partial charge >= 0.3 is 5.97 Å². The first-order chi connectivity index (χ1) is 14.6. The fraction of sp³-hybridized carbons (Fsp3) is 0.174. The minimum Gasteiger partial charge on any atom is -0.494 e. The van der Waals surface area contributed by atoms with E-state index in [1.165, 1.54) is 13.3 Å². The third-order valence-corrected chi connectivity index (χ3v) is 4.17. The van der Waals surface area contributed by atoms with Crippen molar-refractivity contribution in [3.05, 3.63) is 77.6 Å². The normalized spacial score (nSPS) is 10.7. The zero-order valence-corrected chi connectivity index (χ0v) is 16.8. The van der Waals surface area contributed by atoms with E-state index >= 15 is 0 Å². The number of hydrogen-bond donors (Lipinski definition) is 1. The molecule has 3 aromatic rings. The lowest BCUT2D eigenvalue weighted by atomic mass is 10.1. The first kappa shape index (κ1) is 20.9. The number of methoxy groups -OCH3 is 1. The lowest BCUT2D eigenvalue weighted by molar-refractivity contribution is 0.0601. The monoisotopic (exact) mass is 406 g/mol. The van der Waals surface area contributed by atoms with E-state index in [-0.39, 0.29) is 5.91 Å². The van der Waals surface area contributed by atoms with E-state index in [0.29, 0.717) is 40.6 Å². The van der Waals surface area contributed by atoms with Gasteiger partial charge in [0.05, 0.1) is 25.5 Å². The van der Waals surface area contributed by atoms with Crippen LogP contribution in [0.15, 0.2) is 70.2 Å². The Kier molecular flexibility index (Phi) is 7.00. The molecular weight excluding hydrogens is 384 g/mol. The molecule has 0 aliphatic heterocycles. The van der Waals surface area contributed by atoms with Crippen molar-refractivity contribution in [2.75, 3.05) is 13.7 Å². The molecule has 0 spiro atoms. The number of hydrogen-bond acceptors (Lipinski definition) is 6. The summed E-state index contributed by atoms with van der Waals surface area (Å²) in [6.07, 6.45) is 2.31. The molecule has 2 aromatic carbocycles. The van der Waals surface area contributed by atoms with Gasteiger partial charge in [0.1, 0.15) is 17.3 Å². The summed E-state index contributed by atoms with van der Waals surface area (Å²) in [7, 11) is 1.33. The summed E-state index contributed by atoms with van der Waals surface area (Å²) in [6, 6.07) is 17.2. The van der Waals surface area contributed by atoms with Gasteiger partial charge in [0.25, 0.3) is 5.91 Å². The number of nitrogens with zero attached hydrogens (tertiary/aromatic N) is 1. The van der Waals surface area contributed by atoms with E-state index in [4.69, 9.17) is 13.9 Å². The third kappa shape index (κ3) is 5.14. The van der Waals surface area contributed by atoms with Crippen LogP contribution in [0, 0.1) is 0 Å². The Balaban J connectivity index is 1.64. The number of esters is 1. The van der Waals surface area contributed by atoms with Gasteiger partial charge in [-0.15, -0.1) is 0 Å². The average Bonchev–Trinajstić information content (AvgIpc) is 3.26. The summed E-state index contributed by atoms with van der Waals surface area (Å²) in [5, 5.41) is 3.93. The van der Waals surface area contributed by atoms with Crippen molar-refractivity contribution in [2.45, 2.75) is 13.3 Å². The number of rotatable bonds is 8. The van der Waals surface area contributed by atoms with Gasteiger partial charge in [-0.25, -0.2) is 10.2 Å². The molecule has 0 aliphatic rings. The zero-order valence-electron chi connectivity index (χ0n) is 16.8. The quantitative estimate of drug-likeness (QED) is 0.342. The maximum Gasteiger partial charge on any atom is 0.338 e. The Morgan fingerprint density at radius 3 is 2.57 bits per heavy atom. The van der Waals surface area contributed by atoms with E-state index in [0.717, 1.165) is 6.42 Å². The van der Waals surface area contributed by atoms with Crippen LogP contribution in [-0.4, -0.2) is 31.8 Å². The Bertz CT molecular complexity index is 1040. The molecule has 0 saturated carbocycles. The number of carbonyl (C=O) groups is 2. The highest BCUT2D eigenvalue weighted by Crippen LogP contribution is 2.26. The predicted octanol–water partition coefficient (Wildman–Crippen LogP) is 4.29. The Morgan fingerprint density at radius 2 is 1.83 bits per heavy atom. The molecule has 154 valence electrons. The Labute approximate surface area is 174 Å². The number of benzene rings is 2. The average molecular weight is 406 g/mol. The van der Waals surface area contributed by atoms with E-state index in [9.17, 15) is 9.59 Å². The van der Waals surface area contributed by atoms with Crippen LogP contribution in [0.25, 0.3) is 11.3 Å². The summed E-state index contributed by atoms with van der Waals surface area (Å²) in [5.74, 6) is 0.832. The molecule has 7 nitrogen and oxygen atoms in total. The van der Waals surface area contributed by atoms with Gasteiger partial charge in [0, 0.05) is 11.1 Å². The summed E-state index contributed by atoms with van der Waals surface area (Å²) in [6.45, 7) is 2.66. The molecular formula is C23H22N2O5. The standard InChI is InChI=1S/C23H22N2O5/c1-3-14-29-17-10-8-16(9-11-17)22(26)25-24-15-18-12-13-21(30-18)19-6-4-5-7-20(19)23(27)28-2/h4-13,15H,3,14H2,1-2H3,(H,25,26)/b24-15-. The number of amides is 1. The van der Waals surface area contributed by atoms with E-state index in [1.807, 2.05) is 6.92 Å². The molecule has 0 aliphatic carbocycles. The van der Waals surface area contributed by atoms with E-state index in [1.54, 1.807) is 60.7 Å². The van der Waals surface area contributed by atoms with Crippen molar-refractivity contribution in [3.63, 3.8) is 0 Å². The van der Waals surface area contributed by atoms with Crippen LogP contribution in [0.5, 0.6) is 5.75 Å². The van der Waals surface area contributed by atoms with Crippen molar-refractivity contribution in [1.82, 2.24) is 5.43 Å². The lowest BCUT2D eigenvalue weighted by Gasteiger charge is -2.05. The number of hydrazone groups is 1. The van der Waals surface area contributed by atoms with Crippen molar-refractivity contribution >= 4 is 18.1 Å². The maximum atomic E-state index is 12.2. The minimum atomic E-state index is -0.449. The molecule has 0 atom stereocenters. The molecule has 0 unspecified atom stereocenters. The highest BCUT2D eigenvalue weighted by atomic mass is 16.5. The van der Waals surface area contributed by atoms with Gasteiger partial charge < -0.3 is 13.9 Å². The SMILES string of the molecule is CCCOc1ccc(C(=O)N/N=C\c2ccc(-c3ccccc3C(=O)OC)o2)cc1. The fourth-order valence-corrected chi connectivity index (χ4v) is 2.69. The highest BCUT2D eigenvalue weighted by molar-refractivity contribution is 5.97. The maximum absolute atomic E-state index is 12.2. The van der Waals surface area contributed by atoms with Crippen molar-refractivity contribution in [1.29, 1.82) is 0 Å². The molecule has 7 heteroatoms. The largest absolute Gasteiger partial charge is 0.494 e. The lowest BCUT2D eigenvalue weighted by Crippen LogP contribution is -2.17. The third-order valence-electron chi connectivity index (χ3n) is 4.17. The highest BCUT2D eigenvalue weighted by Gasteiger charge is 2.15. The molecule has 0 bridgehead atoms. The first-order valence-electron chi connectivity index (χ1n) is 9.46. The van der Waals surface area contributed by atoms with Crippen molar-refractivity contribution in [3.8, 4) is 17.1 Å². The van der Waals surface area contributed by atoms with E-state index in [2.05, 4.69) is 10.5 Å². The molecule has 0 radical (unpaired) electrons. The number of furan rings is 1. The van der Waals surface area contributed by atoms with Gasteiger partial charge in [0.2, 0.25) is 0 Å². The van der Waals surface area contributed by atoms with Crippen LogP contribution < -0.4 is 10.2 Å². The number of nitrogens with one attached hydrogen (secondary N) is 1. The van der Waals surface area contributed by atoms with E-state index < -0.39 is 5.97 Å². The second-order valence-corrected chi connectivity index (χ2v) is 6.31. The molecule has 1 aromatic heterocycles. The molecule has 30 heavy (non-hydrogen) atoms. The van der Waals surface area contributed by atoms with Crippen LogP contribution in [0.2, 0.25) is 0 Å². The van der Waals surface area contributed by atoms with Crippen LogP contribution in [0.1, 0.15) is 39.8 Å². The number of ether oxygens (including phenoxy) is 2. The Hall–Kier alpha value is -3.87. The second kappa shape index (κ2) is 10.1. The molecule has 0 saturated heterocycles. The summed E-state index contributed by atoms with van der Waals surface area (Å²) in [4.78, 5) is 24.1. The molecule has 1 amide bonds. The van der Waals surface area contributed by atoms with Gasteiger partial charge in [-0.1, -0.05) is 25.1 Å². The molecule has 3 rings (SSSR count). The van der Waals surface area contributed by atoms with Crippen LogP contribution in [0.4, 0.5) is 0 Å². The van der Waals surface area contributed by atoms with Crippen molar-refractivity contribution in [2.24, 2.45) is 5.10 Å². The molecule has 1 heterocycles. The van der Waals surface area contributed by atoms with Crippen LogP contribution in [0.3, 0.4) is 0 Å². The summed E-state index contributed by atoms with van der Waals surface area (Å²) < 4.78 is 16.0. The van der Waals surface area contributed by atoms with Crippen LogP contribution in [-0.2, 0) is 4.74 Å². The van der Waals surface area contributed by atoms with Gasteiger partial charge in [0.15, 0.2) is 0 Å². The van der Waals surface area contributed by atoms with Gasteiger partial charge in [-0.3, -0.25) is 4.79 Å². The zero-order chi connectivity index (χ0) is 21.3. The number of carbonyl (C=O) groups excluding carboxylic acids is 2. The summed E-state index contributed by atoms with van der Waals surface area (Å²) in [5.41, 5.74) is 3.92. The van der Waals surface area contributed by atoms with Gasteiger partial charge in [-0.2, -0.15) is 5.10 Å². The van der Waals surface area contributed by atoms with Crippen LogP contribution >= 0.6 is 0 Å². The smallest absolute Gasteiger partial charge is 0.338 e. The molecule has 0 fully saturated rings. The minimum absolute atomic E-state index is 0.351. The summed E-state index contributed by atoms with van der Waals surface area (Å²) >= 11 is 0. The predicted molar refractivity (Wildman–Crippen MR) is 113 cm³/mol.